The van der Waals surface area contributed by atoms with Crippen molar-refractivity contribution in [2.24, 2.45) is 0 Å². The van der Waals surface area contributed by atoms with Crippen LogP contribution >= 0.6 is 27.5 Å². The van der Waals surface area contributed by atoms with Gasteiger partial charge in [0.25, 0.3) is 0 Å². The average Bonchev–Trinajstić information content (AvgIpc) is 2.37. The van der Waals surface area contributed by atoms with Gasteiger partial charge in [-0.25, -0.2) is 4.79 Å². The summed E-state index contributed by atoms with van der Waals surface area (Å²) in [5, 5.41) is 12.7. The first-order chi connectivity index (χ1) is 9.08. The maximum atomic E-state index is 11.4. The summed E-state index contributed by atoms with van der Waals surface area (Å²) in [7, 11) is 0. The quantitative estimate of drug-likeness (QED) is 0.889. The standard InChI is InChI=1S/C13H10BrClN2O2/c14-9-5-8(6-16-7-9)12(13(18)19)17-11-4-2-1-3-10(11)15/h1-7,12,17H,(H,18,19). The Morgan fingerprint density at radius 3 is 2.74 bits per heavy atom. The average molecular weight is 342 g/mol. The number of pyridine rings is 1. The second-order valence-electron chi connectivity index (χ2n) is 3.83. The van der Waals surface area contributed by atoms with Gasteiger partial charge in [-0.2, -0.15) is 0 Å². The van der Waals surface area contributed by atoms with Crippen LogP contribution in [0.25, 0.3) is 0 Å². The third-order valence-corrected chi connectivity index (χ3v) is 3.24. The molecule has 4 nitrogen and oxygen atoms in total. The van der Waals surface area contributed by atoms with E-state index in [0.29, 0.717) is 16.3 Å². The highest BCUT2D eigenvalue weighted by Crippen LogP contribution is 2.26. The smallest absolute Gasteiger partial charge is 0.330 e. The van der Waals surface area contributed by atoms with Crippen molar-refractivity contribution in [2.45, 2.75) is 6.04 Å². The summed E-state index contributed by atoms with van der Waals surface area (Å²) in [4.78, 5) is 15.3. The van der Waals surface area contributed by atoms with E-state index >= 15 is 0 Å². The van der Waals surface area contributed by atoms with Crippen LogP contribution in [-0.4, -0.2) is 16.1 Å². The van der Waals surface area contributed by atoms with Gasteiger partial charge in [-0.05, 0) is 34.1 Å². The summed E-state index contributed by atoms with van der Waals surface area (Å²) in [6.07, 6.45) is 3.10. The van der Waals surface area contributed by atoms with Gasteiger partial charge in [-0.15, -0.1) is 0 Å². The topological polar surface area (TPSA) is 62.2 Å². The molecular weight excluding hydrogens is 332 g/mol. The van der Waals surface area contributed by atoms with E-state index in [1.165, 1.54) is 6.20 Å². The molecule has 1 atom stereocenters. The van der Waals surface area contributed by atoms with Crippen LogP contribution < -0.4 is 5.32 Å². The number of hydrogen-bond donors (Lipinski definition) is 2. The Balaban J connectivity index is 2.32. The minimum Gasteiger partial charge on any atom is -0.479 e. The Morgan fingerprint density at radius 2 is 2.11 bits per heavy atom. The molecule has 1 heterocycles. The van der Waals surface area contributed by atoms with Crippen LogP contribution in [0.3, 0.4) is 0 Å². The van der Waals surface area contributed by atoms with Gasteiger partial charge in [0.1, 0.15) is 0 Å². The summed E-state index contributed by atoms with van der Waals surface area (Å²) in [5.74, 6) is -1.00. The summed E-state index contributed by atoms with van der Waals surface area (Å²) in [5.41, 5.74) is 1.11. The van der Waals surface area contributed by atoms with E-state index in [4.69, 9.17) is 11.6 Å². The summed E-state index contributed by atoms with van der Waals surface area (Å²) < 4.78 is 0.720. The summed E-state index contributed by atoms with van der Waals surface area (Å²) >= 11 is 9.28. The number of hydrogen-bond acceptors (Lipinski definition) is 3. The number of anilines is 1. The van der Waals surface area contributed by atoms with Crippen LogP contribution in [0.4, 0.5) is 5.69 Å². The maximum absolute atomic E-state index is 11.4. The van der Waals surface area contributed by atoms with Crippen LogP contribution in [0.15, 0.2) is 47.2 Å². The van der Waals surface area contributed by atoms with Gasteiger partial charge < -0.3 is 10.4 Å². The zero-order valence-electron chi connectivity index (χ0n) is 9.68. The van der Waals surface area contributed by atoms with Crippen LogP contribution in [-0.2, 0) is 4.79 Å². The van der Waals surface area contributed by atoms with Gasteiger partial charge in [0.2, 0.25) is 0 Å². The molecule has 2 N–H and O–H groups in total. The molecule has 2 aromatic rings. The van der Waals surface area contributed by atoms with Crippen molar-refractivity contribution in [1.82, 2.24) is 4.98 Å². The molecule has 0 aliphatic rings. The molecule has 0 aliphatic heterocycles. The third-order valence-electron chi connectivity index (χ3n) is 2.48. The molecule has 2 rings (SSSR count). The molecule has 1 aromatic carbocycles. The summed E-state index contributed by atoms with van der Waals surface area (Å²) in [6, 6.07) is 7.78. The number of nitrogens with one attached hydrogen (secondary N) is 1. The highest BCUT2D eigenvalue weighted by Gasteiger charge is 2.21. The Kier molecular flexibility index (Phi) is 4.39. The fourth-order valence-corrected chi connectivity index (χ4v) is 2.18. The number of carboxylic acids is 1. The van der Waals surface area contributed by atoms with Crippen molar-refractivity contribution in [2.75, 3.05) is 5.32 Å². The second kappa shape index (κ2) is 6.04. The minimum atomic E-state index is -1.00. The predicted octanol–water partition coefficient (Wildman–Crippen LogP) is 3.74. The van der Waals surface area contributed by atoms with Gasteiger partial charge in [-0.1, -0.05) is 23.7 Å². The second-order valence-corrected chi connectivity index (χ2v) is 5.15. The van der Waals surface area contributed by atoms with E-state index in [1.54, 1.807) is 36.5 Å². The molecule has 0 spiro atoms. The lowest BCUT2D eigenvalue weighted by molar-refractivity contribution is -0.138. The number of rotatable bonds is 4. The minimum absolute atomic E-state index is 0.469. The monoisotopic (exact) mass is 340 g/mol. The molecule has 0 bridgehead atoms. The number of aliphatic carboxylic acids is 1. The fraction of sp³-hybridized carbons (Fsp3) is 0.0769. The number of para-hydroxylation sites is 1. The fourth-order valence-electron chi connectivity index (χ4n) is 1.61. The van der Waals surface area contributed by atoms with Crippen LogP contribution in [0, 0.1) is 0 Å². The Hall–Kier alpha value is -1.59. The molecule has 0 saturated carbocycles. The first-order valence-electron chi connectivity index (χ1n) is 5.42. The van der Waals surface area contributed by atoms with E-state index in [2.05, 4.69) is 26.2 Å². The molecule has 98 valence electrons. The number of nitrogens with zero attached hydrogens (tertiary/aromatic N) is 1. The molecule has 1 aromatic heterocycles. The molecule has 0 amide bonds. The first-order valence-corrected chi connectivity index (χ1v) is 6.59. The number of aromatic nitrogens is 1. The zero-order valence-corrected chi connectivity index (χ0v) is 12.0. The van der Waals surface area contributed by atoms with Crippen LogP contribution in [0.1, 0.15) is 11.6 Å². The highest BCUT2D eigenvalue weighted by atomic mass is 79.9. The molecular formula is C13H10BrClN2O2. The normalized spacial score (nSPS) is 11.9. The van der Waals surface area contributed by atoms with Crippen molar-refractivity contribution >= 4 is 39.2 Å². The lowest BCUT2D eigenvalue weighted by Crippen LogP contribution is -2.20. The molecule has 6 heteroatoms. The Labute approximate surface area is 123 Å². The number of carbonyl (C=O) groups is 1. The SMILES string of the molecule is O=C(O)C(Nc1ccccc1Cl)c1cncc(Br)c1. The van der Waals surface area contributed by atoms with Gasteiger partial charge >= 0.3 is 5.97 Å². The van der Waals surface area contributed by atoms with E-state index in [1.807, 2.05) is 0 Å². The lowest BCUT2D eigenvalue weighted by Gasteiger charge is -2.16. The molecule has 0 aliphatic carbocycles. The largest absolute Gasteiger partial charge is 0.479 e. The molecule has 1 unspecified atom stereocenters. The highest BCUT2D eigenvalue weighted by molar-refractivity contribution is 9.10. The third kappa shape index (κ3) is 3.45. The molecule has 19 heavy (non-hydrogen) atoms. The lowest BCUT2D eigenvalue weighted by atomic mass is 10.1. The van der Waals surface area contributed by atoms with Gasteiger partial charge in [0, 0.05) is 22.4 Å². The van der Waals surface area contributed by atoms with E-state index in [-0.39, 0.29) is 0 Å². The first kappa shape index (κ1) is 13.8. The predicted molar refractivity (Wildman–Crippen MR) is 77.4 cm³/mol. The Bertz CT molecular complexity index is 607. The van der Waals surface area contributed by atoms with Crippen molar-refractivity contribution in [3.63, 3.8) is 0 Å². The molecule has 0 fully saturated rings. The number of carboxylic acid groups (broad SMARTS) is 1. The van der Waals surface area contributed by atoms with E-state index < -0.39 is 12.0 Å². The van der Waals surface area contributed by atoms with Crippen molar-refractivity contribution in [1.29, 1.82) is 0 Å². The number of benzene rings is 1. The van der Waals surface area contributed by atoms with E-state index in [0.717, 1.165) is 4.47 Å². The van der Waals surface area contributed by atoms with Crippen LogP contribution in [0.2, 0.25) is 5.02 Å². The Morgan fingerprint density at radius 1 is 1.37 bits per heavy atom. The number of halogens is 2. The van der Waals surface area contributed by atoms with Crippen molar-refractivity contribution in [3.05, 3.63) is 57.8 Å². The van der Waals surface area contributed by atoms with Crippen molar-refractivity contribution in [3.8, 4) is 0 Å². The van der Waals surface area contributed by atoms with Crippen LogP contribution in [0.5, 0.6) is 0 Å². The molecule has 0 radical (unpaired) electrons. The van der Waals surface area contributed by atoms with Gasteiger partial charge in [0.05, 0.1) is 10.7 Å². The van der Waals surface area contributed by atoms with Gasteiger partial charge in [-0.3, -0.25) is 4.98 Å². The molecule has 0 saturated heterocycles. The van der Waals surface area contributed by atoms with Crippen molar-refractivity contribution < 1.29 is 9.90 Å². The van der Waals surface area contributed by atoms with Gasteiger partial charge in [0.15, 0.2) is 6.04 Å². The summed E-state index contributed by atoms with van der Waals surface area (Å²) in [6.45, 7) is 0. The van der Waals surface area contributed by atoms with E-state index in [9.17, 15) is 9.90 Å². The zero-order chi connectivity index (χ0) is 13.8. The maximum Gasteiger partial charge on any atom is 0.330 e.